The molecule has 2 N–H and O–H groups in total. The molecule has 1 aliphatic rings. The quantitative estimate of drug-likeness (QED) is 0.644. The first-order chi connectivity index (χ1) is 13.6. The molecule has 1 aromatic carbocycles. The average molecular weight is 445 g/mol. The molecule has 160 valence electrons. The average Bonchev–Trinajstić information content (AvgIpc) is 3.13. The van der Waals surface area contributed by atoms with Gasteiger partial charge < -0.3 is 20.0 Å². The van der Waals surface area contributed by atoms with E-state index in [4.69, 9.17) is 33.4 Å². The van der Waals surface area contributed by atoms with Crippen LogP contribution in [0.4, 0.5) is 5.69 Å². The number of halogens is 2. The number of hydrogen-bond acceptors (Lipinski definition) is 4. The number of nitrogens with zero attached hydrogens (tertiary/aromatic N) is 2. The van der Waals surface area contributed by atoms with Crippen LogP contribution >= 0.6 is 23.2 Å². The molecule has 0 spiro atoms. The van der Waals surface area contributed by atoms with Crippen molar-refractivity contribution in [1.29, 1.82) is 0 Å². The van der Waals surface area contributed by atoms with Crippen molar-refractivity contribution in [3.05, 3.63) is 40.4 Å². The molecule has 0 aromatic heterocycles. The topological polar surface area (TPSA) is 98.2 Å². The van der Waals surface area contributed by atoms with Crippen molar-refractivity contribution in [1.82, 2.24) is 4.90 Å². The summed E-state index contributed by atoms with van der Waals surface area (Å²) < 4.78 is 0. The minimum absolute atomic E-state index is 0.132. The first-order valence-electron chi connectivity index (χ1n) is 9.15. The van der Waals surface area contributed by atoms with Gasteiger partial charge in [-0.15, -0.1) is 0 Å². The van der Waals surface area contributed by atoms with Gasteiger partial charge in [-0.1, -0.05) is 30.1 Å². The van der Waals surface area contributed by atoms with Crippen molar-refractivity contribution in [3.8, 4) is 0 Å². The summed E-state index contributed by atoms with van der Waals surface area (Å²) in [7, 11) is 4.15. The Kier molecular flexibility index (Phi) is 10.2. The van der Waals surface area contributed by atoms with Crippen molar-refractivity contribution in [2.24, 2.45) is 0 Å². The Morgan fingerprint density at radius 2 is 1.59 bits per heavy atom. The Bertz CT molecular complexity index is 751. The summed E-state index contributed by atoms with van der Waals surface area (Å²) in [6.45, 7) is 1.90. The van der Waals surface area contributed by atoms with Crippen molar-refractivity contribution < 1.29 is 24.6 Å². The van der Waals surface area contributed by atoms with E-state index in [1.165, 1.54) is 0 Å². The van der Waals surface area contributed by atoms with Gasteiger partial charge in [0.05, 0.1) is 16.1 Å². The van der Waals surface area contributed by atoms with Gasteiger partial charge in [-0.3, -0.25) is 4.79 Å². The summed E-state index contributed by atoms with van der Waals surface area (Å²) in [6.07, 6.45) is 4.88. The third kappa shape index (κ3) is 7.68. The zero-order valence-corrected chi connectivity index (χ0v) is 18.2. The van der Waals surface area contributed by atoms with E-state index in [0.29, 0.717) is 34.7 Å². The van der Waals surface area contributed by atoms with Crippen molar-refractivity contribution in [2.75, 3.05) is 19.0 Å². The number of amides is 1. The first kappa shape index (κ1) is 24.9. The minimum atomic E-state index is -1.26. The van der Waals surface area contributed by atoms with Gasteiger partial charge in [-0.25, -0.2) is 9.59 Å². The van der Waals surface area contributed by atoms with Crippen molar-refractivity contribution in [3.63, 3.8) is 0 Å². The molecule has 1 aliphatic carbocycles. The molecule has 1 aromatic rings. The summed E-state index contributed by atoms with van der Waals surface area (Å²) in [4.78, 5) is 35.7. The van der Waals surface area contributed by atoms with Crippen molar-refractivity contribution >= 4 is 46.7 Å². The lowest BCUT2D eigenvalue weighted by atomic mass is 10.1. The van der Waals surface area contributed by atoms with Gasteiger partial charge in [0.2, 0.25) is 5.91 Å². The van der Waals surface area contributed by atoms with Gasteiger partial charge in [-0.2, -0.15) is 0 Å². The lowest BCUT2D eigenvalue weighted by Crippen LogP contribution is -2.49. The Balaban J connectivity index is 0.000000447. The van der Waals surface area contributed by atoms with Gasteiger partial charge in [0.25, 0.3) is 0 Å². The van der Waals surface area contributed by atoms with E-state index in [2.05, 4.69) is 19.0 Å². The second-order valence-corrected chi connectivity index (χ2v) is 7.57. The second kappa shape index (κ2) is 11.8. The zero-order chi connectivity index (χ0) is 22.1. The molecule has 0 aliphatic heterocycles. The molecule has 0 bridgehead atoms. The van der Waals surface area contributed by atoms with E-state index >= 15 is 0 Å². The van der Waals surface area contributed by atoms with E-state index in [-0.39, 0.29) is 11.9 Å². The standard InChI is InChI=1S/C16H22Cl2N2O.C4H4O4/c1-4-16(21)20(11-8-9-12(17)13(18)10-11)15-7-5-6-14(15)19(2)3;5-3(6)1-2-4(7)8/h8-10,14-15H,4-7H2,1-3H3;1-2H,(H,5,6)(H,7,8)/b;2-1-. The van der Waals surface area contributed by atoms with Crippen LogP contribution in [0.3, 0.4) is 0 Å². The second-order valence-electron chi connectivity index (χ2n) is 6.75. The lowest BCUT2D eigenvalue weighted by molar-refractivity contribution is -0.134. The van der Waals surface area contributed by atoms with E-state index in [1.54, 1.807) is 12.1 Å². The van der Waals surface area contributed by atoms with Crippen LogP contribution in [0.25, 0.3) is 0 Å². The van der Waals surface area contributed by atoms with Crippen LogP contribution in [-0.2, 0) is 14.4 Å². The van der Waals surface area contributed by atoms with Crippen LogP contribution in [0.2, 0.25) is 10.0 Å². The highest BCUT2D eigenvalue weighted by Gasteiger charge is 2.36. The normalized spacial score (nSPS) is 18.4. The zero-order valence-electron chi connectivity index (χ0n) is 16.6. The largest absolute Gasteiger partial charge is 0.478 e. The predicted octanol–water partition coefficient (Wildman–Crippen LogP) is 3.93. The SMILES string of the molecule is CCC(=O)N(c1ccc(Cl)c(Cl)c1)C1CCCC1N(C)C.O=C(O)/C=C\C(=O)O. The summed E-state index contributed by atoms with van der Waals surface area (Å²) in [5, 5.41) is 16.6. The molecule has 29 heavy (non-hydrogen) atoms. The van der Waals surface area contributed by atoms with Gasteiger partial charge in [0, 0.05) is 30.3 Å². The third-order valence-corrected chi connectivity index (χ3v) is 5.30. The van der Waals surface area contributed by atoms with Gasteiger partial charge in [-0.05, 0) is 51.6 Å². The number of likely N-dealkylation sites (N-methyl/N-ethyl adjacent to an activating group) is 1. The van der Waals surface area contributed by atoms with Gasteiger partial charge in [0.15, 0.2) is 0 Å². The van der Waals surface area contributed by atoms with Crippen LogP contribution < -0.4 is 4.90 Å². The molecular formula is C20H26Cl2N2O5. The maximum Gasteiger partial charge on any atom is 0.328 e. The van der Waals surface area contributed by atoms with E-state index < -0.39 is 11.9 Å². The molecule has 9 heteroatoms. The molecular weight excluding hydrogens is 419 g/mol. The number of benzene rings is 1. The number of carbonyl (C=O) groups is 3. The number of aliphatic carboxylic acids is 2. The molecule has 1 saturated carbocycles. The van der Waals surface area contributed by atoms with E-state index in [1.807, 2.05) is 17.9 Å². The molecule has 0 heterocycles. The maximum absolute atomic E-state index is 12.5. The van der Waals surface area contributed by atoms with Crippen LogP contribution in [0.5, 0.6) is 0 Å². The number of carboxylic acid groups (broad SMARTS) is 2. The smallest absolute Gasteiger partial charge is 0.328 e. The Labute approximate surface area is 180 Å². The van der Waals surface area contributed by atoms with E-state index in [9.17, 15) is 14.4 Å². The molecule has 7 nitrogen and oxygen atoms in total. The lowest BCUT2D eigenvalue weighted by Gasteiger charge is -2.36. The van der Waals surface area contributed by atoms with E-state index in [0.717, 1.165) is 24.9 Å². The van der Waals surface area contributed by atoms with Gasteiger partial charge in [0.1, 0.15) is 0 Å². The van der Waals surface area contributed by atoms with Gasteiger partial charge >= 0.3 is 11.9 Å². The number of rotatable bonds is 6. The Morgan fingerprint density at radius 1 is 1.03 bits per heavy atom. The van der Waals surface area contributed by atoms with Crippen LogP contribution in [-0.4, -0.2) is 59.1 Å². The number of carboxylic acids is 2. The molecule has 1 amide bonds. The van der Waals surface area contributed by atoms with Crippen LogP contribution in [0.1, 0.15) is 32.6 Å². The molecule has 2 unspecified atom stereocenters. The fourth-order valence-electron chi connectivity index (χ4n) is 3.29. The number of hydrogen-bond donors (Lipinski definition) is 2. The minimum Gasteiger partial charge on any atom is -0.478 e. The number of anilines is 1. The van der Waals surface area contributed by atoms with Crippen molar-refractivity contribution in [2.45, 2.75) is 44.7 Å². The Hall–Kier alpha value is -2.09. The third-order valence-electron chi connectivity index (χ3n) is 4.56. The fraction of sp³-hybridized carbons (Fsp3) is 0.450. The molecule has 0 saturated heterocycles. The highest BCUT2D eigenvalue weighted by atomic mass is 35.5. The highest BCUT2D eigenvalue weighted by molar-refractivity contribution is 6.42. The molecule has 0 radical (unpaired) electrons. The summed E-state index contributed by atoms with van der Waals surface area (Å²) in [6, 6.07) is 6.02. The predicted molar refractivity (Wildman–Crippen MR) is 114 cm³/mol. The molecule has 2 atom stereocenters. The summed E-state index contributed by atoms with van der Waals surface area (Å²) >= 11 is 12.1. The highest BCUT2D eigenvalue weighted by Crippen LogP contribution is 2.34. The fourth-order valence-corrected chi connectivity index (χ4v) is 3.58. The summed E-state index contributed by atoms with van der Waals surface area (Å²) in [5.41, 5.74) is 0.843. The van der Waals surface area contributed by atoms with Crippen LogP contribution in [0, 0.1) is 0 Å². The summed E-state index contributed by atoms with van der Waals surface area (Å²) in [5.74, 6) is -2.38. The Morgan fingerprint density at radius 3 is 2.03 bits per heavy atom. The molecule has 2 rings (SSSR count). The van der Waals surface area contributed by atoms with Crippen LogP contribution in [0.15, 0.2) is 30.4 Å². The first-order valence-corrected chi connectivity index (χ1v) is 9.91. The maximum atomic E-state index is 12.5. The molecule has 1 fully saturated rings. The number of carbonyl (C=O) groups excluding carboxylic acids is 1. The monoisotopic (exact) mass is 444 g/mol.